The van der Waals surface area contributed by atoms with E-state index in [1.165, 1.54) is 18.3 Å². The lowest BCUT2D eigenvalue weighted by Crippen LogP contribution is -2.50. The molecule has 0 N–H and O–H groups in total. The Bertz CT molecular complexity index is 802. The third-order valence-electron chi connectivity index (χ3n) is 5.16. The number of halogens is 1. The van der Waals surface area contributed by atoms with Crippen molar-refractivity contribution in [2.24, 2.45) is 0 Å². The quantitative estimate of drug-likeness (QED) is 0.617. The van der Waals surface area contributed by atoms with Gasteiger partial charge >= 0.3 is 0 Å². The Balaban J connectivity index is 1.46. The lowest BCUT2D eigenvalue weighted by atomic mass is 9.83. The summed E-state index contributed by atoms with van der Waals surface area (Å²) in [5.41, 5.74) is 0.594. The maximum Gasteiger partial charge on any atom is 0.287 e. The largest absolute Gasteiger partial charge is 0.484 e. The van der Waals surface area contributed by atoms with Crippen LogP contribution >= 0.6 is 0 Å². The fourth-order valence-corrected chi connectivity index (χ4v) is 3.66. The maximum absolute atomic E-state index is 14.1. The second kappa shape index (κ2) is 5.98. The Morgan fingerprint density at radius 3 is 2.68 bits per heavy atom. The maximum atomic E-state index is 14.1. The topological polar surface area (TPSA) is 68.5 Å². The lowest BCUT2D eigenvalue weighted by Gasteiger charge is -2.44. The molecule has 2 aliphatic heterocycles. The zero-order valence-electron chi connectivity index (χ0n) is 13.7. The van der Waals surface area contributed by atoms with Crippen LogP contribution in [-0.2, 0) is 6.42 Å². The third-order valence-corrected chi connectivity index (χ3v) is 5.16. The molecule has 6 nitrogen and oxygen atoms in total. The van der Waals surface area contributed by atoms with Crippen molar-refractivity contribution in [3.8, 4) is 5.75 Å². The Hall–Kier alpha value is -2.70. The van der Waals surface area contributed by atoms with Crippen LogP contribution in [-0.4, -0.2) is 28.6 Å². The molecule has 7 heteroatoms. The Morgan fingerprint density at radius 2 is 2.00 bits per heavy atom. The van der Waals surface area contributed by atoms with Gasteiger partial charge in [-0.25, -0.2) is 9.37 Å². The first-order valence-electron chi connectivity index (χ1n) is 8.38. The summed E-state index contributed by atoms with van der Waals surface area (Å²) in [6.45, 7) is 1.46. The minimum absolute atomic E-state index is 0.0140. The monoisotopic (exact) mass is 343 g/mol. The number of para-hydroxylation sites is 1. The number of nitro groups is 1. The van der Waals surface area contributed by atoms with Crippen molar-refractivity contribution in [1.29, 1.82) is 0 Å². The highest BCUT2D eigenvalue weighted by molar-refractivity contribution is 5.44. The molecule has 1 fully saturated rings. The number of fused-ring (bicyclic) bond motifs is 1. The van der Waals surface area contributed by atoms with Crippen LogP contribution in [0.15, 0.2) is 36.5 Å². The number of piperidine rings is 1. The SMILES string of the molecule is O=[N+]([O-])c1ccc(N2CCC3(CCc4cccc(F)c4O3)CC2)nc1. The van der Waals surface area contributed by atoms with Crippen molar-refractivity contribution in [1.82, 2.24) is 4.98 Å². The molecule has 1 spiro atoms. The molecule has 25 heavy (non-hydrogen) atoms. The normalized spacial score (nSPS) is 18.5. The second-order valence-corrected chi connectivity index (χ2v) is 6.63. The van der Waals surface area contributed by atoms with Crippen LogP contribution in [0.1, 0.15) is 24.8 Å². The van der Waals surface area contributed by atoms with E-state index in [0.29, 0.717) is 5.75 Å². The number of rotatable bonds is 2. The summed E-state index contributed by atoms with van der Waals surface area (Å²) in [5, 5.41) is 10.7. The minimum atomic E-state index is -0.455. The van der Waals surface area contributed by atoms with Gasteiger partial charge in [-0.05, 0) is 30.5 Å². The summed E-state index contributed by atoms with van der Waals surface area (Å²) in [5.74, 6) is 0.828. The average Bonchev–Trinajstić information content (AvgIpc) is 2.63. The predicted molar refractivity (Wildman–Crippen MR) is 90.4 cm³/mol. The number of pyridine rings is 1. The van der Waals surface area contributed by atoms with Crippen LogP contribution < -0.4 is 9.64 Å². The molecular weight excluding hydrogens is 325 g/mol. The number of anilines is 1. The molecule has 0 bridgehead atoms. The van der Waals surface area contributed by atoms with E-state index in [9.17, 15) is 14.5 Å². The van der Waals surface area contributed by atoms with Gasteiger partial charge in [0.1, 0.15) is 17.6 Å². The number of benzene rings is 1. The number of nitrogens with zero attached hydrogens (tertiary/aromatic N) is 3. The smallest absolute Gasteiger partial charge is 0.287 e. The molecule has 0 amide bonds. The van der Waals surface area contributed by atoms with E-state index in [1.54, 1.807) is 12.1 Å². The fraction of sp³-hybridized carbons (Fsp3) is 0.389. The Labute approximate surface area is 144 Å². The highest BCUT2D eigenvalue weighted by Crippen LogP contribution is 2.41. The van der Waals surface area contributed by atoms with Gasteiger partial charge in [0.05, 0.1) is 4.92 Å². The summed E-state index contributed by atoms with van der Waals surface area (Å²) in [6.07, 6.45) is 4.54. The van der Waals surface area contributed by atoms with Crippen LogP contribution in [0.2, 0.25) is 0 Å². The molecule has 1 aromatic carbocycles. The van der Waals surface area contributed by atoms with Gasteiger partial charge in [-0.3, -0.25) is 10.1 Å². The zero-order chi connectivity index (χ0) is 17.4. The molecule has 2 aromatic rings. The highest BCUT2D eigenvalue weighted by atomic mass is 19.1. The molecule has 0 aliphatic carbocycles. The predicted octanol–water partition coefficient (Wildman–Crippen LogP) is 3.49. The van der Waals surface area contributed by atoms with Crippen molar-refractivity contribution < 1.29 is 14.1 Å². The van der Waals surface area contributed by atoms with Crippen LogP contribution in [0.3, 0.4) is 0 Å². The van der Waals surface area contributed by atoms with E-state index in [1.807, 2.05) is 6.07 Å². The molecule has 1 saturated heterocycles. The third kappa shape index (κ3) is 2.90. The van der Waals surface area contributed by atoms with Crippen LogP contribution in [0.4, 0.5) is 15.9 Å². The van der Waals surface area contributed by atoms with Gasteiger partial charge in [-0.1, -0.05) is 12.1 Å². The fourth-order valence-electron chi connectivity index (χ4n) is 3.66. The molecular formula is C18H18FN3O3. The Morgan fingerprint density at radius 1 is 1.20 bits per heavy atom. The standard InChI is InChI=1S/C18H18FN3O3/c19-15-3-1-2-13-6-7-18(25-17(13)15)8-10-21(11-9-18)16-5-4-14(12-20-16)22(23)24/h1-5,12H,6-11H2. The molecule has 0 radical (unpaired) electrons. The summed E-state index contributed by atoms with van der Waals surface area (Å²) < 4.78 is 20.2. The highest BCUT2D eigenvalue weighted by Gasteiger charge is 2.40. The molecule has 2 aliphatic rings. The minimum Gasteiger partial charge on any atom is -0.484 e. The molecule has 0 unspecified atom stereocenters. The number of hydrogen-bond acceptors (Lipinski definition) is 5. The zero-order valence-corrected chi connectivity index (χ0v) is 13.7. The van der Waals surface area contributed by atoms with E-state index in [0.717, 1.165) is 50.2 Å². The number of ether oxygens (including phenoxy) is 1. The summed E-state index contributed by atoms with van der Waals surface area (Å²) in [6, 6.07) is 8.22. The first kappa shape index (κ1) is 15.8. The molecule has 0 atom stereocenters. The summed E-state index contributed by atoms with van der Waals surface area (Å²) in [4.78, 5) is 16.6. The van der Waals surface area contributed by atoms with Crippen LogP contribution in [0.25, 0.3) is 0 Å². The first-order valence-corrected chi connectivity index (χ1v) is 8.38. The number of aryl methyl sites for hydroxylation is 1. The molecule has 0 saturated carbocycles. The van der Waals surface area contributed by atoms with Gasteiger partial charge < -0.3 is 9.64 Å². The van der Waals surface area contributed by atoms with Crippen LogP contribution in [0.5, 0.6) is 5.75 Å². The van der Waals surface area contributed by atoms with Gasteiger partial charge in [0.25, 0.3) is 5.69 Å². The molecule has 4 rings (SSSR count). The lowest BCUT2D eigenvalue weighted by molar-refractivity contribution is -0.385. The second-order valence-electron chi connectivity index (χ2n) is 6.63. The summed E-state index contributed by atoms with van der Waals surface area (Å²) in [7, 11) is 0. The molecule has 1 aromatic heterocycles. The van der Waals surface area contributed by atoms with Crippen LogP contribution in [0, 0.1) is 15.9 Å². The van der Waals surface area contributed by atoms with Gasteiger partial charge in [0.2, 0.25) is 0 Å². The van der Waals surface area contributed by atoms with Gasteiger partial charge in [-0.15, -0.1) is 0 Å². The molecule has 3 heterocycles. The molecule has 130 valence electrons. The van der Waals surface area contributed by atoms with E-state index >= 15 is 0 Å². The van der Waals surface area contributed by atoms with Crippen molar-refractivity contribution in [3.05, 3.63) is 58.0 Å². The van der Waals surface area contributed by atoms with E-state index in [2.05, 4.69) is 9.88 Å². The van der Waals surface area contributed by atoms with Crippen molar-refractivity contribution in [2.45, 2.75) is 31.3 Å². The van der Waals surface area contributed by atoms with Gasteiger partial charge in [0.15, 0.2) is 11.6 Å². The van der Waals surface area contributed by atoms with Crippen molar-refractivity contribution in [3.63, 3.8) is 0 Å². The van der Waals surface area contributed by atoms with E-state index < -0.39 is 4.92 Å². The number of hydrogen-bond donors (Lipinski definition) is 0. The number of aromatic nitrogens is 1. The average molecular weight is 343 g/mol. The van der Waals surface area contributed by atoms with E-state index in [4.69, 9.17) is 4.74 Å². The first-order chi connectivity index (χ1) is 12.1. The van der Waals surface area contributed by atoms with Crippen molar-refractivity contribution >= 4 is 11.5 Å². The van der Waals surface area contributed by atoms with Gasteiger partial charge in [0, 0.05) is 32.0 Å². The van der Waals surface area contributed by atoms with Gasteiger partial charge in [-0.2, -0.15) is 0 Å². The van der Waals surface area contributed by atoms with Crippen molar-refractivity contribution in [2.75, 3.05) is 18.0 Å². The Kier molecular flexibility index (Phi) is 3.78. The van der Waals surface area contributed by atoms with E-state index in [-0.39, 0.29) is 17.1 Å². The summed E-state index contributed by atoms with van der Waals surface area (Å²) >= 11 is 0.